The van der Waals surface area contributed by atoms with E-state index >= 15 is 0 Å². The van der Waals surface area contributed by atoms with Crippen LogP contribution < -0.4 is 5.32 Å². The first-order chi connectivity index (χ1) is 10.2. The Morgan fingerprint density at radius 2 is 1.52 bits per heavy atom. The Morgan fingerprint density at radius 3 is 2.29 bits per heavy atom. The van der Waals surface area contributed by atoms with Gasteiger partial charge in [0.1, 0.15) is 11.6 Å². The summed E-state index contributed by atoms with van der Waals surface area (Å²) in [6.07, 6.45) is 0. The molecule has 0 radical (unpaired) electrons. The van der Waals surface area contributed by atoms with E-state index in [4.69, 9.17) is 0 Å². The van der Waals surface area contributed by atoms with E-state index in [1.807, 2.05) is 25.2 Å². The molecule has 0 aliphatic heterocycles. The second-order valence-electron chi connectivity index (χ2n) is 4.99. The van der Waals surface area contributed by atoms with E-state index in [0.717, 1.165) is 10.9 Å². The quantitative estimate of drug-likeness (QED) is 0.746. The van der Waals surface area contributed by atoms with Crippen LogP contribution >= 0.6 is 0 Å². The summed E-state index contributed by atoms with van der Waals surface area (Å²) in [4.78, 5) is 0. The SMILES string of the molecule is CNCc1ccc(F)c(-c2ccc(F)c3ccccc23)c1. The smallest absolute Gasteiger partial charge is 0.131 e. The van der Waals surface area contributed by atoms with Crippen molar-refractivity contribution in [1.82, 2.24) is 5.32 Å². The van der Waals surface area contributed by atoms with E-state index in [1.165, 1.54) is 12.1 Å². The molecular weight excluding hydrogens is 268 g/mol. The lowest BCUT2D eigenvalue weighted by Crippen LogP contribution is -2.05. The predicted molar refractivity (Wildman–Crippen MR) is 82.1 cm³/mol. The van der Waals surface area contributed by atoms with Crippen LogP contribution in [0, 0.1) is 11.6 Å². The Bertz CT molecular complexity index is 796. The number of hydrogen-bond donors (Lipinski definition) is 1. The third-order valence-corrected chi connectivity index (χ3v) is 3.57. The molecule has 0 atom stereocenters. The number of fused-ring (bicyclic) bond motifs is 1. The molecule has 3 rings (SSSR count). The molecular formula is C18H15F2N. The van der Waals surface area contributed by atoms with Crippen LogP contribution in [0.2, 0.25) is 0 Å². The second kappa shape index (κ2) is 5.62. The van der Waals surface area contributed by atoms with Crippen LogP contribution in [0.4, 0.5) is 8.78 Å². The standard InChI is InChI=1S/C18H15F2N/c1-21-11-12-6-8-18(20)16(10-12)14-7-9-17(19)15-5-3-2-4-13(14)15/h2-10,21H,11H2,1H3. The third kappa shape index (κ3) is 2.52. The summed E-state index contributed by atoms with van der Waals surface area (Å²) in [5.41, 5.74) is 2.20. The Hall–Kier alpha value is -2.26. The Balaban J connectivity index is 2.25. The summed E-state index contributed by atoms with van der Waals surface area (Å²) in [6.45, 7) is 0.659. The van der Waals surface area contributed by atoms with Crippen molar-refractivity contribution in [3.05, 3.63) is 71.8 Å². The highest BCUT2D eigenvalue weighted by molar-refractivity contribution is 5.97. The third-order valence-electron chi connectivity index (χ3n) is 3.57. The Labute approximate surface area is 122 Å². The molecule has 1 N–H and O–H groups in total. The van der Waals surface area contributed by atoms with Gasteiger partial charge < -0.3 is 5.32 Å². The first-order valence-corrected chi connectivity index (χ1v) is 6.81. The predicted octanol–water partition coefficient (Wildman–Crippen LogP) is 4.50. The van der Waals surface area contributed by atoms with Gasteiger partial charge in [-0.2, -0.15) is 0 Å². The van der Waals surface area contributed by atoms with Crippen LogP contribution in [0.5, 0.6) is 0 Å². The summed E-state index contributed by atoms with van der Waals surface area (Å²) in [6, 6.07) is 15.2. The van der Waals surface area contributed by atoms with Gasteiger partial charge in [-0.05, 0) is 41.8 Å². The summed E-state index contributed by atoms with van der Waals surface area (Å²) < 4.78 is 28.1. The number of nitrogens with one attached hydrogen (secondary N) is 1. The van der Waals surface area contributed by atoms with Crippen molar-refractivity contribution < 1.29 is 8.78 Å². The number of hydrogen-bond acceptors (Lipinski definition) is 1. The summed E-state index contributed by atoms with van der Waals surface area (Å²) >= 11 is 0. The fourth-order valence-electron chi connectivity index (χ4n) is 2.59. The first kappa shape index (κ1) is 13.7. The van der Waals surface area contributed by atoms with Crippen LogP contribution in [-0.4, -0.2) is 7.05 Å². The molecule has 106 valence electrons. The lowest BCUT2D eigenvalue weighted by Gasteiger charge is -2.10. The highest BCUT2D eigenvalue weighted by Crippen LogP contribution is 2.32. The van der Waals surface area contributed by atoms with Crippen LogP contribution in [0.15, 0.2) is 54.6 Å². The van der Waals surface area contributed by atoms with Gasteiger partial charge in [0.25, 0.3) is 0 Å². The molecule has 21 heavy (non-hydrogen) atoms. The molecule has 1 nitrogen and oxygen atoms in total. The van der Waals surface area contributed by atoms with Crippen molar-refractivity contribution in [2.24, 2.45) is 0 Å². The van der Waals surface area contributed by atoms with E-state index in [-0.39, 0.29) is 11.6 Å². The van der Waals surface area contributed by atoms with E-state index in [9.17, 15) is 8.78 Å². The van der Waals surface area contributed by atoms with Crippen LogP contribution in [-0.2, 0) is 6.54 Å². The molecule has 0 aliphatic rings. The largest absolute Gasteiger partial charge is 0.316 e. The minimum absolute atomic E-state index is 0.291. The van der Waals surface area contributed by atoms with Gasteiger partial charge in [0, 0.05) is 17.5 Å². The van der Waals surface area contributed by atoms with E-state index < -0.39 is 0 Å². The monoisotopic (exact) mass is 283 g/mol. The second-order valence-corrected chi connectivity index (χ2v) is 4.99. The van der Waals surface area contributed by atoms with Crippen molar-refractivity contribution in [2.75, 3.05) is 7.05 Å². The van der Waals surface area contributed by atoms with Gasteiger partial charge in [0.2, 0.25) is 0 Å². The molecule has 3 aromatic rings. The molecule has 0 unspecified atom stereocenters. The molecule has 0 aliphatic carbocycles. The van der Waals surface area contributed by atoms with Crippen molar-refractivity contribution in [3.8, 4) is 11.1 Å². The Kier molecular flexibility index (Phi) is 3.67. The van der Waals surface area contributed by atoms with Gasteiger partial charge in [-0.25, -0.2) is 8.78 Å². The van der Waals surface area contributed by atoms with Crippen molar-refractivity contribution in [3.63, 3.8) is 0 Å². The topological polar surface area (TPSA) is 12.0 Å². The molecule has 0 saturated heterocycles. The van der Waals surface area contributed by atoms with Gasteiger partial charge in [0.05, 0.1) is 0 Å². The van der Waals surface area contributed by atoms with Crippen LogP contribution in [0.3, 0.4) is 0 Å². The maximum Gasteiger partial charge on any atom is 0.131 e. The van der Waals surface area contributed by atoms with Gasteiger partial charge in [0.15, 0.2) is 0 Å². The van der Waals surface area contributed by atoms with Gasteiger partial charge >= 0.3 is 0 Å². The number of rotatable bonds is 3. The lowest BCUT2D eigenvalue weighted by molar-refractivity contribution is 0.629. The Morgan fingerprint density at radius 1 is 0.810 bits per heavy atom. The number of benzene rings is 3. The molecule has 0 bridgehead atoms. The van der Waals surface area contributed by atoms with Gasteiger partial charge in [-0.1, -0.05) is 36.4 Å². The van der Waals surface area contributed by atoms with Gasteiger partial charge in [-0.15, -0.1) is 0 Å². The first-order valence-electron chi connectivity index (χ1n) is 6.81. The maximum atomic E-state index is 14.2. The lowest BCUT2D eigenvalue weighted by atomic mass is 9.96. The highest BCUT2D eigenvalue weighted by atomic mass is 19.1. The molecule has 0 heterocycles. The molecule has 0 aromatic heterocycles. The summed E-state index contributed by atoms with van der Waals surface area (Å²) in [7, 11) is 1.84. The fraction of sp³-hybridized carbons (Fsp3) is 0.111. The van der Waals surface area contributed by atoms with Crippen LogP contribution in [0.1, 0.15) is 5.56 Å². The van der Waals surface area contributed by atoms with E-state index in [1.54, 1.807) is 24.3 Å². The zero-order chi connectivity index (χ0) is 14.8. The minimum Gasteiger partial charge on any atom is -0.316 e. The molecule has 0 saturated carbocycles. The molecule has 0 fully saturated rings. The van der Waals surface area contributed by atoms with E-state index in [0.29, 0.717) is 23.1 Å². The fourth-order valence-corrected chi connectivity index (χ4v) is 2.59. The average Bonchev–Trinajstić information content (AvgIpc) is 2.51. The van der Waals surface area contributed by atoms with E-state index in [2.05, 4.69) is 5.32 Å². The average molecular weight is 283 g/mol. The van der Waals surface area contributed by atoms with Crippen molar-refractivity contribution >= 4 is 10.8 Å². The highest BCUT2D eigenvalue weighted by Gasteiger charge is 2.11. The van der Waals surface area contributed by atoms with Crippen molar-refractivity contribution in [2.45, 2.75) is 6.54 Å². The van der Waals surface area contributed by atoms with Crippen LogP contribution in [0.25, 0.3) is 21.9 Å². The normalized spacial score (nSPS) is 11.0. The zero-order valence-electron chi connectivity index (χ0n) is 11.7. The minimum atomic E-state index is -0.299. The maximum absolute atomic E-state index is 14.2. The summed E-state index contributed by atoms with van der Waals surface area (Å²) in [5.74, 6) is -0.590. The molecule has 0 spiro atoms. The van der Waals surface area contributed by atoms with Crippen molar-refractivity contribution in [1.29, 1.82) is 0 Å². The molecule has 3 heteroatoms. The molecule has 0 amide bonds. The number of halogens is 2. The van der Waals surface area contributed by atoms with Gasteiger partial charge in [-0.3, -0.25) is 0 Å². The summed E-state index contributed by atoms with van der Waals surface area (Å²) in [5, 5.41) is 4.27. The molecule has 3 aromatic carbocycles. The zero-order valence-corrected chi connectivity index (χ0v) is 11.7.